The summed E-state index contributed by atoms with van der Waals surface area (Å²) < 4.78 is 4.65. The van der Waals surface area contributed by atoms with E-state index in [0.717, 1.165) is 5.69 Å². The number of hydrogen-bond acceptors (Lipinski definition) is 12. The SMILES string of the molecule is COC(=O)c1ccc(N(C)CC(CNc2nc(N)nc(N)c2[N+](=O)[O-])=NO)cc1. The molecule has 6 N–H and O–H groups in total. The quantitative estimate of drug-likeness (QED) is 0.159. The van der Waals surface area contributed by atoms with E-state index in [-0.39, 0.29) is 36.4 Å². The minimum atomic E-state index is -0.734. The molecule has 0 unspecified atom stereocenters. The summed E-state index contributed by atoms with van der Waals surface area (Å²) in [5.41, 5.74) is 11.9. The fourth-order valence-corrected chi connectivity index (χ4v) is 2.44. The third-order valence-electron chi connectivity index (χ3n) is 3.86. The largest absolute Gasteiger partial charge is 0.465 e. The van der Waals surface area contributed by atoms with E-state index in [2.05, 4.69) is 25.2 Å². The van der Waals surface area contributed by atoms with Crippen molar-refractivity contribution in [2.24, 2.45) is 5.16 Å². The van der Waals surface area contributed by atoms with Gasteiger partial charge in [-0.1, -0.05) is 5.16 Å². The number of aromatic nitrogens is 2. The smallest absolute Gasteiger partial charge is 0.353 e. The summed E-state index contributed by atoms with van der Waals surface area (Å²) in [4.78, 5) is 31.0. The molecule has 1 aromatic carbocycles. The predicted octanol–water partition coefficient (Wildman–Crippen LogP) is 0.714. The summed E-state index contributed by atoms with van der Waals surface area (Å²) in [6.07, 6.45) is 0. The number of oxime groups is 1. The number of anilines is 4. The number of benzene rings is 1. The Labute approximate surface area is 165 Å². The van der Waals surface area contributed by atoms with Crippen LogP contribution in [0.2, 0.25) is 0 Å². The molecule has 1 heterocycles. The molecule has 13 nitrogen and oxygen atoms in total. The molecule has 0 bridgehead atoms. The summed E-state index contributed by atoms with van der Waals surface area (Å²) >= 11 is 0. The van der Waals surface area contributed by atoms with Crippen molar-refractivity contribution in [3.63, 3.8) is 0 Å². The predicted molar refractivity (Wildman–Crippen MR) is 106 cm³/mol. The van der Waals surface area contributed by atoms with Crippen molar-refractivity contribution >= 4 is 40.6 Å². The fraction of sp³-hybridized carbons (Fsp3) is 0.250. The molecule has 154 valence electrons. The van der Waals surface area contributed by atoms with Crippen LogP contribution in [-0.2, 0) is 4.74 Å². The molecule has 2 rings (SSSR count). The Kier molecular flexibility index (Phi) is 6.68. The van der Waals surface area contributed by atoms with E-state index >= 15 is 0 Å². The van der Waals surface area contributed by atoms with Gasteiger partial charge in [-0.15, -0.1) is 0 Å². The normalized spacial score (nSPS) is 11.0. The third-order valence-corrected chi connectivity index (χ3v) is 3.86. The number of nitrogens with two attached hydrogens (primary N) is 2. The summed E-state index contributed by atoms with van der Waals surface area (Å²) in [6, 6.07) is 6.60. The maximum absolute atomic E-state index is 11.5. The monoisotopic (exact) mass is 404 g/mol. The van der Waals surface area contributed by atoms with Gasteiger partial charge in [-0.25, -0.2) is 4.79 Å². The Morgan fingerprint density at radius 3 is 2.55 bits per heavy atom. The summed E-state index contributed by atoms with van der Waals surface area (Å²) in [5, 5.41) is 26.3. The summed E-state index contributed by atoms with van der Waals surface area (Å²) in [7, 11) is 3.03. The number of nitrogens with zero attached hydrogens (tertiary/aromatic N) is 5. The Morgan fingerprint density at radius 2 is 2.00 bits per heavy atom. The molecule has 29 heavy (non-hydrogen) atoms. The van der Waals surface area contributed by atoms with Gasteiger partial charge < -0.3 is 31.6 Å². The van der Waals surface area contributed by atoms with Gasteiger partial charge in [0.15, 0.2) is 0 Å². The topological polar surface area (TPSA) is 195 Å². The maximum atomic E-state index is 11.5. The molecule has 0 fully saturated rings. The molecule has 1 aromatic heterocycles. The van der Waals surface area contributed by atoms with Crippen LogP contribution >= 0.6 is 0 Å². The fourth-order valence-electron chi connectivity index (χ4n) is 2.44. The number of carbonyl (C=O) groups excluding carboxylic acids is 1. The zero-order chi connectivity index (χ0) is 21.6. The van der Waals surface area contributed by atoms with Crippen molar-refractivity contribution in [2.45, 2.75) is 0 Å². The lowest BCUT2D eigenvalue weighted by molar-refractivity contribution is -0.383. The number of nitrogen functional groups attached to an aromatic ring is 2. The second kappa shape index (κ2) is 9.16. The molecule has 2 aromatic rings. The van der Waals surface area contributed by atoms with Crippen molar-refractivity contribution in [3.05, 3.63) is 39.9 Å². The molecular weight excluding hydrogens is 384 g/mol. The molecule has 0 spiro atoms. The van der Waals surface area contributed by atoms with Crippen molar-refractivity contribution in [2.75, 3.05) is 48.9 Å². The molecule has 0 aliphatic carbocycles. The van der Waals surface area contributed by atoms with E-state index < -0.39 is 16.6 Å². The molecule has 13 heteroatoms. The highest BCUT2D eigenvalue weighted by Crippen LogP contribution is 2.28. The maximum Gasteiger partial charge on any atom is 0.353 e. The third kappa shape index (κ3) is 5.18. The molecule has 0 radical (unpaired) electrons. The number of nitrogens with one attached hydrogen (secondary N) is 1. The van der Waals surface area contributed by atoms with Crippen molar-refractivity contribution in [3.8, 4) is 0 Å². The highest BCUT2D eigenvalue weighted by atomic mass is 16.6. The van der Waals surface area contributed by atoms with E-state index in [9.17, 15) is 20.1 Å². The van der Waals surface area contributed by atoms with Gasteiger partial charge in [0.25, 0.3) is 0 Å². The number of esters is 1. The first kappa shape index (κ1) is 21.1. The van der Waals surface area contributed by atoms with Crippen LogP contribution in [0.15, 0.2) is 29.4 Å². The van der Waals surface area contributed by atoms with Crippen LogP contribution < -0.4 is 21.7 Å². The Hall–Kier alpha value is -4.16. The lowest BCUT2D eigenvalue weighted by Gasteiger charge is -2.20. The lowest BCUT2D eigenvalue weighted by atomic mass is 10.2. The van der Waals surface area contributed by atoms with E-state index in [1.807, 2.05) is 0 Å². The van der Waals surface area contributed by atoms with Crippen molar-refractivity contribution in [1.82, 2.24) is 9.97 Å². The van der Waals surface area contributed by atoms with E-state index in [1.54, 1.807) is 36.2 Å². The second-order valence-electron chi connectivity index (χ2n) is 5.84. The Bertz CT molecular complexity index is 932. The number of hydrogen-bond donors (Lipinski definition) is 4. The zero-order valence-electron chi connectivity index (χ0n) is 15.7. The van der Waals surface area contributed by atoms with Crippen LogP contribution in [0.3, 0.4) is 0 Å². The van der Waals surface area contributed by atoms with Gasteiger partial charge in [-0.3, -0.25) is 10.1 Å². The molecule has 0 aliphatic heterocycles. The molecule has 0 amide bonds. The molecule has 0 saturated heterocycles. The van der Waals surface area contributed by atoms with Gasteiger partial charge in [0.05, 0.1) is 36.4 Å². The molecule has 0 atom stereocenters. The van der Waals surface area contributed by atoms with Gasteiger partial charge in [-0.05, 0) is 24.3 Å². The van der Waals surface area contributed by atoms with Crippen LogP contribution in [0.25, 0.3) is 0 Å². The molecule has 0 aliphatic rings. The summed E-state index contributed by atoms with van der Waals surface area (Å²) in [5.74, 6) is -1.26. The summed E-state index contributed by atoms with van der Waals surface area (Å²) in [6.45, 7) is 0.0999. The Balaban J connectivity index is 2.08. The second-order valence-corrected chi connectivity index (χ2v) is 5.84. The van der Waals surface area contributed by atoms with Crippen LogP contribution in [0.4, 0.5) is 29.0 Å². The van der Waals surface area contributed by atoms with E-state index in [4.69, 9.17) is 11.5 Å². The van der Waals surface area contributed by atoms with Gasteiger partial charge in [0, 0.05) is 12.7 Å². The first-order valence-electron chi connectivity index (χ1n) is 8.17. The average Bonchev–Trinajstić information content (AvgIpc) is 2.69. The van der Waals surface area contributed by atoms with Crippen molar-refractivity contribution < 1.29 is 19.7 Å². The van der Waals surface area contributed by atoms with Gasteiger partial charge in [-0.2, -0.15) is 9.97 Å². The minimum Gasteiger partial charge on any atom is -0.465 e. The van der Waals surface area contributed by atoms with E-state index in [0.29, 0.717) is 5.56 Å². The average molecular weight is 404 g/mol. The van der Waals surface area contributed by atoms with Crippen LogP contribution in [-0.4, -0.2) is 59.0 Å². The van der Waals surface area contributed by atoms with Crippen LogP contribution in [0, 0.1) is 10.1 Å². The van der Waals surface area contributed by atoms with Gasteiger partial charge in [0.1, 0.15) is 0 Å². The van der Waals surface area contributed by atoms with Crippen molar-refractivity contribution in [1.29, 1.82) is 0 Å². The van der Waals surface area contributed by atoms with Crippen LogP contribution in [0.1, 0.15) is 10.4 Å². The van der Waals surface area contributed by atoms with E-state index in [1.165, 1.54) is 7.11 Å². The molecule has 0 saturated carbocycles. The first-order chi connectivity index (χ1) is 13.8. The Morgan fingerprint density at radius 1 is 1.34 bits per heavy atom. The van der Waals surface area contributed by atoms with Gasteiger partial charge in [0.2, 0.25) is 17.6 Å². The highest BCUT2D eigenvalue weighted by Gasteiger charge is 2.23. The number of rotatable bonds is 8. The first-order valence-corrected chi connectivity index (χ1v) is 8.17. The zero-order valence-corrected chi connectivity index (χ0v) is 15.7. The van der Waals surface area contributed by atoms with Gasteiger partial charge >= 0.3 is 11.7 Å². The number of nitro groups is 1. The highest BCUT2D eigenvalue weighted by molar-refractivity contribution is 5.93. The number of ether oxygens (including phenoxy) is 1. The minimum absolute atomic E-state index is 0.0716. The standard InChI is InChI=1S/C16H20N8O5/c1-23(11-5-3-9(4-6-11)15(25)29-2)8-10(22-26)7-19-14-12(24(27)28)13(17)20-16(18)21-14/h3-6,26H,7-8H2,1-2H3,(H5,17,18,19,20,21). The molecular formula is C16H20N8O5. The lowest BCUT2D eigenvalue weighted by Crippen LogP contribution is -2.30. The number of carbonyl (C=O) groups is 1. The number of methoxy groups -OCH3 is 1. The van der Waals surface area contributed by atoms with Crippen LogP contribution in [0.5, 0.6) is 0 Å².